The van der Waals surface area contributed by atoms with Crippen LogP contribution in [-0.2, 0) is 0 Å². The van der Waals surface area contributed by atoms with Gasteiger partial charge in [-0.15, -0.1) is 0 Å². The Morgan fingerprint density at radius 1 is 0.353 bits per heavy atom. The highest BCUT2D eigenvalue weighted by molar-refractivity contribution is 4.50. The number of rotatable bonds is 0. The normalized spacial score (nSPS) is 24.0. The van der Waals surface area contributed by atoms with E-state index in [0.717, 1.165) is 13.1 Å². The second kappa shape index (κ2) is 12.3. The van der Waals surface area contributed by atoms with Crippen LogP contribution in [0, 0.1) is 0 Å². The quantitative estimate of drug-likeness (QED) is 0.527. The molecular weight excluding hydrogens is 212 g/mol. The Balaban J connectivity index is 2.01. The van der Waals surface area contributed by atoms with Crippen molar-refractivity contribution in [3.8, 4) is 0 Å². The van der Waals surface area contributed by atoms with Gasteiger partial charge in [0.15, 0.2) is 0 Å². The summed E-state index contributed by atoms with van der Waals surface area (Å²) in [5.74, 6) is 0. The minimum Gasteiger partial charge on any atom is -0.243 e. The van der Waals surface area contributed by atoms with Crippen molar-refractivity contribution in [1.29, 1.82) is 0 Å². The lowest BCUT2D eigenvalue weighted by atomic mass is 10.1. The van der Waals surface area contributed by atoms with Crippen LogP contribution in [0.3, 0.4) is 0 Å². The van der Waals surface area contributed by atoms with E-state index in [-0.39, 0.29) is 0 Å². The van der Waals surface area contributed by atoms with Crippen LogP contribution in [0.25, 0.3) is 0 Å². The first kappa shape index (κ1) is 14.9. The van der Waals surface area contributed by atoms with Gasteiger partial charge in [-0.1, -0.05) is 57.8 Å². The van der Waals surface area contributed by atoms with Gasteiger partial charge >= 0.3 is 0 Å². The fourth-order valence-electron chi connectivity index (χ4n) is 2.23. The summed E-state index contributed by atoms with van der Waals surface area (Å²) in [4.78, 5) is 0. The molecule has 4 heteroatoms. The molecule has 0 aromatic heterocycles. The summed E-state index contributed by atoms with van der Waals surface area (Å²) in [5, 5.41) is 0. The minimum atomic E-state index is 1.04. The molecule has 1 aliphatic heterocycles. The molecule has 4 nitrogen and oxygen atoms in total. The van der Waals surface area contributed by atoms with Gasteiger partial charge in [0.1, 0.15) is 0 Å². The van der Waals surface area contributed by atoms with E-state index in [1.165, 1.54) is 70.6 Å². The van der Waals surface area contributed by atoms with E-state index in [1.54, 1.807) is 0 Å². The van der Waals surface area contributed by atoms with Crippen molar-refractivity contribution in [2.45, 2.75) is 70.6 Å². The van der Waals surface area contributed by atoms with E-state index in [9.17, 15) is 0 Å². The number of hydrazine groups is 3. The van der Waals surface area contributed by atoms with E-state index < -0.39 is 0 Å². The second-order valence-corrected chi connectivity index (χ2v) is 4.99. The van der Waals surface area contributed by atoms with Crippen molar-refractivity contribution >= 4 is 0 Å². The Hall–Kier alpha value is -0.160. The molecule has 1 heterocycles. The molecule has 1 rings (SSSR count). The van der Waals surface area contributed by atoms with E-state index in [2.05, 4.69) is 21.9 Å². The van der Waals surface area contributed by atoms with Crippen LogP contribution in [-0.4, -0.2) is 13.1 Å². The third kappa shape index (κ3) is 10.7. The van der Waals surface area contributed by atoms with Gasteiger partial charge in [-0.25, -0.2) is 10.9 Å². The molecule has 0 aliphatic carbocycles. The molecule has 1 saturated heterocycles. The molecule has 0 bridgehead atoms. The molecule has 0 unspecified atom stereocenters. The van der Waals surface area contributed by atoms with E-state index >= 15 is 0 Å². The van der Waals surface area contributed by atoms with Gasteiger partial charge in [-0.05, 0) is 12.8 Å². The van der Waals surface area contributed by atoms with E-state index in [0.29, 0.717) is 0 Å². The van der Waals surface area contributed by atoms with Gasteiger partial charge < -0.3 is 0 Å². The van der Waals surface area contributed by atoms with Crippen molar-refractivity contribution < 1.29 is 0 Å². The van der Waals surface area contributed by atoms with Crippen molar-refractivity contribution in [2.75, 3.05) is 13.1 Å². The predicted octanol–water partition coefficient (Wildman–Crippen LogP) is 2.39. The summed E-state index contributed by atoms with van der Waals surface area (Å²) in [7, 11) is 0. The molecule has 1 fully saturated rings. The maximum Gasteiger partial charge on any atom is 0.0113 e. The second-order valence-electron chi connectivity index (χ2n) is 4.99. The molecule has 4 N–H and O–H groups in total. The minimum absolute atomic E-state index is 1.04. The van der Waals surface area contributed by atoms with Crippen LogP contribution in [0.1, 0.15) is 70.6 Å². The Morgan fingerprint density at radius 3 is 1.00 bits per heavy atom. The first-order valence-electron chi connectivity index (χ1n) is 7.46. The molecule has 0 atom stereocenters. The lowest BCUT2D eigenvalue weighted by Crippen LogP contribution is -2.51. The van der Waals surface area contributed by atoms with Crippen molar-refractivity contribution in [3.63, 3.8) is 0 Å². The summed E-state index contributed by atoms with van der Waals surface area (Å²) >= 11 is 0. The number of hydrogen-bond donors (Lipinski definition) is 4. The molecule has 102 valence electrons. The summed E-state index contributed by atoms with van der Waals surface area (Å²) in [6, 6.07) is 0. The highest BCUT2D eigenvalue weighted by atomic mass is 15.7. The Kier molecular flexibility index (Phi) is 10.8. The smallest absolute Gasteiger partial charge is 0.0113 e. The van der Waals surface area contributed by atoms with Gasteiger partial charge in [0, 0.05) is 13.1 Å². The first-order valence-corrected chi connectivity index (χ1v) is 7.46. The molecule has 1 aliphatic rings. The molecular formula is C13H30N4. The van der Waals surface area contributed by atoms with Crippen molar-refractivity contribution in [1.82, 2.24) is 21.9 Å². The third-order valence-corrected chi connectivity index (χ3v) is 3.34. The molecule has 0 radical (unpaired) electrons. The molecule has 17 heavy (non-hydrogen) atoms. The van der Waals surface area contributed by atoms with E-state index in [1.807, 2.05) is 0 Å². The van der Waals surface area contributed by atoms with Crippen molar-refractivity contribution in [3.05, 3.63) is 0 Å². The van der Waals surface area contributed by atoms with Gasteiger partial charge in [0.2, 0.25) is 0 Å². The summed E-state index contributed by atoms with van der Waals surface area (Å²) in [5.41, 5.74) is 12.2. The lowest BCUT2D eigenvalue weighted by molar-refractivity contribution is 0.361. The van der Waals surface area contributed by atoms with Crippen LogP contribution in [0.2, 0.25) is 0 Å². The lowest BCUT2D eigenvalue weighted by Gasteiger charge is -2.09. The summed E-state index contributed by atoms with van der Waals surface area (Å²) < 4.78 is 0. The Labute approximate surface area is 106 Å². The van der Waals surface area contributed by atoms with Gasteiger partial charge in [-0.2, -0.15) is 11.1 Å². The SMILES string of the molecule is C1CCCCCCNNNNCCCCCC1. The highest BCUT2D eigenvalue weighted by Gasteiger charge is 1.94. The number of nitrogens with one attached hydrogen (secondary N) is 4. The average Bonchev–Trinajstić information content (AvgIpc) is 2.35. The third-order valence-electron chi connectivity index (χ3n) is 3.34. The molecule has 0 aromatic carbocycles. The first-order chi connectivity index (χ1) is 8.50. The molecule has 0 aromatic rings. The fraction of sp³-hybridized carbons (Fsp3) is 1.00. The highest BCUT2D eigenvalue weighted by Crippen LogP contribution is 2.10. The standard InChI is InChI=1S/C13H30N4/c1-2-4-6-8-10-12-14-16-17-15-13-11-9-7-5-3-1/h14-17H,1-13H2. The average molecular weight is 242 g/mol. The van der Waals surface area contributed by atoms with E-state index in [4.69, 9.17) is 0 Å². The molecule has 0 amide bonds. The van der Waals surface area contributed by atoms with Crippen LogP contribution in [0.5, 0.6) is 0 Å². The summed E-state index contributed by atoms with van der Waals surface area (Å²) in [6.07, 6.45) is 15.2. The van der Waals surface area contributed by atoms with Gasteiger partial charge in [-0.3, -0.25) is 0 Å². The van der Waals surface area contributed by atoms with Crippen molar-refractivity contribution in [2.24, 2.45) is 0 Å². The van der Waals surface area contributed by atoms with Crippen LogP contribution in [0.4, 0.5) is 0 Å². The summed E-state index contributed by atoms with van der Waals surface area (Å²) in [6.45, 7) is 2.07. The number of hydrogen-bond acceptors (Lipinski definition) is 4. The zero-order chi connectivity index (χ0) is 12.0. The van der Waals surface area contributed by atoms with Crippen LogP contribution in [0.15, 0.2) is 0 Å². The Morgan fingerprint density at radius 2 is 0.647 bits per heavy atom. The Bertz CT molecular complexity index is 82.9. The fourth-order valence-corrected chi connectivity index (χ4v) is 2.23. The molecule has 0 saturated carbocycles. The van der Waals surface area contributed by atoms with Crippen LogP contribution >= 0.6 is 0 Å². The van der Waals surface area contributed by atoms with Gasteiger partial charge in [0.05, 0.1) is 0 Å². The van der Waals surface area contributed by atoms with Crippen LogP contribution < -0.4 is 21.9 Å². The zero-order valence-corrected chi connectivity index (χ0v) is 11.2. The van der Waals surface area contributed by atoms with Gasteiger partial charge in [0.25, 0.3) is 0 Å². The molecule has 0 spiro atoms. The maximum atomic E-state index is 3.16. The topological polar surface area (TPSA) is 48.1 Å². The zero-order valence-electron chi connectivity index (χ0n) is 11.2. The predicted molar refractivity (Wildman–Crippen MR) is 73.1 cm³/mol. The monoisotopic (exact) mass is 242 g/mol. The largest absolute Gasteiger partial charge is 0.243 e. The maximum absolute atomic E-state index is 3.16.